The summed E-state index contributed by atoms with van der Waals surface area (Å²) in [6, 6.07) is 15.3. The number of methoxy groups -OCH3 is 1. The van der Waals surface area contributed by atoms with Crippen molar-refractivity contribution < 1.29 is 18.7 Å². The van der Waals surface area contributed by atoms with Crippen LogP contribution < -0.4 is 15.4 Å². The van der Waals surface area contributed by atoms with Gasteiger partial charge in [-0.1, -0.05) is 30.3 Å². The minimum Gasteiger partial charge on any atom is -0.417 e. The number of para-hydroxylation sites is 1. The molecule has 2 aromatic carbocycles. The molecule has 2 amide bonds. The van der Waals surface area contributed by atoms with E-state index in [4.69, 9.17) is 9.47 Å². The molecule has 3 heterocycles. The second-order valence-electron chi connectivity index (χ2n) is 9.29. The van der Waals surface area contributed by atoms with Gasteiger partial charge in [-0.2, -0.15) is 0 Å². The molecule has 0 saturated carbocycles. The standard InChI is InChI=1S/C28H30FN7O3/c1-19-26(36(22-6-4-3-5-7-22)34-27(19)39-25-16-30-12-13-31-25)33-28(37)32-24-18-35(14-15-38-2)17-23(24)20-8-10-21(29)11-9-20/h3-13,16,23-24H,14-15,17-18H2,1-2H3,(H2,32,33,37)/t23-,24+/m0/s1. The first-order valence-corrected chi connectivity index (χ1v) is 12.6. The lowest BCUT2D eigenvalue weighted by Gasteiger charge is -2.21. The summed E-state index contributed by atoms with van der Waals surface area (Å²) < 4.78 is 26.3. The number of likely N-dealkylation sites (tertiary alicyclic amines) is 1. The van der Waals surface area contributed by atoms with Crippen LogP contribution in [0.15, 0.2) is 73.2 Å². The predicted molar refractivity (Wildman–Crippen MR) is 144 cm³/mol. The van der Waals surface area contributed by atoms with Gasteiger partial charge in [0.1, 0.15) is 11.6 Å². The molecule has 0 bridgehead atoms. The summed E-state index contributed by atoms with van der Waals surface area (Å²) in [6.07, 6.45) is 4.57. The zero-order chi connectivity index (χ0) is 27.2. The average Bonchev–Trinajstić information content (AvgIpc) is 3.49. The molecule has 2 N–H and O–H groups in total. The van der Waals surface area contributed by atoms with E-state index < -0.39 is 0 Å². The fourth-order valence-corrected chi connectivity index (χ4v) is 4.71. The monoisotopic (exact) mass is 531 g/mol. The number of benzene rings is 2. The van der Waals surface area contributed by atoms with E-state index in [1.165, 1.54) is 24.5 Å². The van der Waals surface area contributed by atoms with Gasteiger partial charge in [0.2, 0.25) is 11.8 Å². The molecular weight excluding hydrogens is 501 g/mol. The van der Waals surface area contributed by atoms with Crippen LogP contribution in [0.25, 0.3) is 5.69 Å². The number of nitrogens with one attached hydrogen (secondary N) is 2. The first-order chi connectivity index (χ1) is 19.0. The van der Waals surface area contributed by atoms with Crippen LogP contribution in [0.3, 0.4) is 0 Å². The number of hydrogen-bond acceptors (Lipinski definition) is 7. The normalized spacial score (nSPS) is 17.2. The van der Waals surface area contributed by atoms with Crippen molar-refractivity contribution in [2.45, 2.75) is 18.9 Å². The summed E-state index contributed by atoms with van der Waals surface area (Å²) in [5.74, 6) is 0.748. The van der Waals surface area contributed by atoms with Crippen LogP contribution in [-0.2, 0) is 4.74 Å². The van der Waals surface area contributed by atoms with Gasteiger partial charge in [-0.3, -0.25) is 15.2 Å². The molecular formula is C28H30FN7O3. The minimum atomic E-state index is -0.382. The molecule has 1 aliphatic heterocycles. The number of anilines is 1. The van der Waals surface area contributed by atoms with Crippen LogP contribution in [0, 0.1) is 12.7 Å². The van der Waals surface area contributed by atoms with Gasteiger partial charge in [0.05, 0.1) is 30.1 Å². The second kappa shape index (κ2) is 12.0. The van der Waals surface area contributed by atoms with Gasteiger partial charge in [-0.25, -0.2) is 18.9 Å². The molecule has 2 atom stereocenters. The van der Waals surface area contributed by atoms with E-state index in [0.29, 0.717) is 36.3 Å². The Bertz CT molecular complexity index is 1380. The molecule has 39 heavy (non-hydrogen) atoms. The largest absolute Gasteiger partial charge is 0.417 e. The Labute approximate surface area is 225 Å². The molecule has 1 fully saturated rings. The molecule has 0 spiro atoms. The van der Waals surface area contributed by atoms with Crippen molar-refractivity contribution in [1.29, 1.82) is 0 Å². The zero-order valence-corrected chi connectivity index (χ0v) is 21.8. The van der Waals surface area contributed by atoms with Crippen LogP contribution in [0.2, 0.25) is 0 Å². The van der Waals surface area contributed by atoms with Crippen molar-refractivity contribution in [3.05, 3.63) is 90.1 Å². The topological polar surface area (TPSA) is 106 Å². The Morgan fingerprint density at radius 1 is 1.10 bits per heavy atom. The molecule has 4 aromatic rings. The van der Waals surface area contributed by atoms with E-state index in [1.807, 2.05) is 37.3 Å². The maximum Gasteiger partial charge on any atom is 0.320 e. The van der Waals surface area contributed by atoms with E-state index >= 15 is 0 Å². The fourth-order valence-electron chi connectivity index (χ4n) is 4.71. The predicted octanol–water partition coefficient (Wildman–Crippen LogP) is 4.14. The molecule has 10 nitrogen and oxygen atoms in total. The van der Waals surface area contributed by atoms with Gasteiger partial charge in [0.25, 0.3) is 0 Å². The van der Waals surface area contributed by atoms with Crippen LogP contribution in [0.4, 0.5) is 15.0 Å². The molecule has 0 aliphatic carbocycles. The molecule has 11 heteroatoms. The van der Waals surface area contributed by atoms with Gasteiger partial charge in [0.15, 0.2) is 0 Å². The lowest BCUT2D eigenvalue weighted by molar-refractivity contribution is 0.159. The summed E-state index contributed by atoms with van der Waals surface area (Å²) in [6.45, 7) is 4.49. The second-order valence-corrected chi connectivity index (χ2v) is 9.29. The van der Waals surface area contributed by atoms with Gasteiger partial charge in [0, 0.05) is 45.1 Å². The van der Waals surface area contributed by atoms with E-state index in [0.717, 1.165) is 24.3 Å². The smallest absolute Gasteiger partial charge is 0.320 e. The highest BCUT2D eigenvalue weighted by Gasteiger charge is 2.35. The van der Waals surface area contributed by atoms with Crippen LogP contribution in [0.1, 0.15) is 17.0 Å². The van der Waals surface area contributed by atoms with Crippen molar-refractivity contribution in [2.24, 2.45) is 0 Å². The van der Waals surface area contributed by atoms with Crippen LogP contribution in [0.5, 0.6) is 11.8 Å². The molecule has 5 rings (SSSR count). The first kappa shape index (κ1) is 26.3. The van der Waals surface area contributed by atoms with E-state index in [1.54, 1.807) is 30.1 Å². The van der Waals surface area contributed by atoms with E-state index in [-0.39, 0.29) is 23.8 Å². The highest BCUT2D eigenvalue weighted by Crippen LogP contribution is 2.31. The maximum atomic E-state index is 13.6. The quantitative estimate of drug-likeness (QED) is 0.334. The third kappa shape index (κ3) is 6.21. The number of nitrogens with zero attached hydrogens (tertiary/aromatic N) is 5. The van der Waals surface area contributed by atoms with E-state index in [9.17, 15) is 9.18 Å². The summed E-state index contributed by atoms with van der Waals surface area (Å²) in [7, 11) is 1.66. The number of carbonyl (C=O) groups excluding carboxylic acids is 1. The summed E-state index contributed by atoms with van der Waals surface area (Å²) in [5.41, 5.74) is 2.34. The Kier molecular flexibility index (Phi) is 8.09. The Hall–Kier alpha value is -4.35. The Morgan fingerprint density at radius 3 is 2.62 bits per heavy atom. The van der Waals surface area contributed by atoms with Crippen molar-refractivity contribution in [1.82, 2.24) is 30.0 Å². The number of urea groups is 1. The molecule has 1 aliphatic rings. The van der Waals surface area contributed by atoms with Gasteiger partial charge >= 0.3 is 6.03 Å². The lowest BCUT2D eigenvalue weighted by atomic mass is 9.94. The number of halogens is 1. The van der Waals surface area contributed by atoms with Crippen molar-refractivity contribution in [3.63, 3.8) is 0 Å². The molecule has 202 valence electrons. The highest BCUT2D eigenvalue weighted by molar-refractivity contribution is 5.90. The van der Waals surface area contributed by atoms with Crippen LogP contribution in [-0.4, -0.2) is 70.1 Å². The summed E-state index contributed by atoms with van der Waals surface area (Å²) in [4.78, 5) is 23.8. The number of amides is 2. The number of aromatic nitrogens is 4. The van der Waals surface area contributed by atoms with Gasteiger partial charge in [-0.05, 0) is 36.8 Å². The van der Waals surface area contributed by atoms with Gasteiger partial charge < -0.3 is 14.8 Å². The number of hydrogen-bond donors (Lipinski definition) is 2. The number of ether oxygens (including phenoxy) is 2. The lowest BCUT2D eigenvalue weighted by Crippen LogP contribution is -2.42. The fraction of sp³-hybridized carbons (Fsp3) is 0.286. The summed E-state index contributed by atoms with van der Waals surface area (Å²) in [5, 5.41) is 10.7. The molecule has 1 saturated heterocycles. The zero-order valence-electron chi connectivity index (χ0n) is 21.8. The molecule has 0 unspecified atom stereocenters. The van der Waals surface area contributed by atoms with Crippen molar-refractivity contribution >= 4 is 11.8 Å². The summed E-state index contributed by atoms with van der Waals surface area (Å²) >= 11 is 0. The SMILES string of the molecule is COCCN1C[C@@H](NC(=O)Nc2c(C)c(Oc3cnccn3)nn2-c2ccccc2)[C@H](c2ccc(F)cc2)C1. The average molecular weight is 532 g/mol. The van der Waals surface area contributed by atoms with Gasteiger partial charge in [-0.15, -0.1) is 5.10 Å². The third-order valence-corrected chi connectivity index (χ3v) is 6.67. The van der Waals surface area contributed by atoms with Crippen molar-refractivity contribution in [3.8, 4) is 17.4 Å². The third-order valence-electron chi connectivity index (χ3n) is 6.67. The molecule has 2 aromatic heterocycles. The van der Waals surface area contributed by atoms with E-state index in [2.05, 4.69) is 30.6 Å². The maximum absolute atomic E-state index is 13.6. The van der Waals surface area contributed by atoms with Crippen LogP contribution >= 0.6 is 0 Å². The minimum absolute atomic E-state index is 0.0103. The Balaban J connectivity index is 1.38. The highest BCUT2D eigenvalue weighted by atomic mass is 19.1. The molecule has 0 radical (unpaired) electrons. The number of carbonyl (C=O) groups is 1. The van der Waals surface area contributed by atoms with Crippen molar-refractivity contribution in [2.75, 3.05) is 38.7 Å². The number of rotatable bonds is 9. The first-order valence-electron chi connectivity index (χ1n) is 12.6. The Morgan fingerprint density at radius 2 is 1.90 bits per heavy atom.